The van der Waals surface area contributed by atoms with Crippen molar-refractivity contribution in [3.05, 3.63) is 66.0 Å². The van der Waals surface area contributed by atoms with Gasteiger partial charge in [-0.15, -0.1) is 0 Å². The first-order chi connectivity index (χ1) is 13.7. The molecule has 0 bridgehead atoms. The van der Waals surface area contributed by atoms with Gasteiger partial charge in [-0.05, 0) is 29.8 Å². The first-order valence-corrected chi connectivity index (χ1v) is 8.90. The van der Waals surface area contributed by atoms with E-state index in [1.807, 2.05) is 12.1 Å². The number of morpholine rings is 1. The molecule has 0 saturated carbocycles. The van der Waals surface area contributed by atoms with Crippen molar-refractivity contribution >= 4 is 6.03 Å². The summed E-state index contributed by atoms with van der Waals surface area (Å²) in [6.07, 6.45) is 3.34. The van der Waals surface area contributed by atoms with Gasteiger partial charge < -0.3 is 15.0 Å². The van der Waals surface area contributed by atoms with Gasteiger partial charge in [0.25, 0.3) is 0 Å². The summed E-state index contributed by atoms with van der Waals surface area (Å²) in [6, 6.07) is 9.23. The van der Waals surface area contributed by atoms with Crippen LogP contribution in [-0.2, 0) is 11.3 Å². The van der Waals surface area contributed by atoms with E-state index in [0.29, 0.717) is 31.4 Å². The zero-order valence-corrected chi connectivity index (χ0v) is 15.0. The highest BCUT2D eigenvalue weighted by atomic mass is 19.1. The SMILES string of the molecule is O=C(NCc1nc(-c2ccncc2)n[nH]1)N1CCOCC1c1ccc(F)cc1. The third kappa shape index (κ3) is 3.99. The van der Waals surface area contributed by atoms with Crippen LogP contribution in [0.25, 0.3) is 11.4 Å². The number of hydrogen-bond acceptors (Lipinski definition) is 5. The topological polar surface area (TPSA) is 96.0 Å². The lowest BCUT2D eigenvalue weighted by Crippen LogP contribution is -2.48. The van der Waals surface area contributed by atoms with Crippen LogP contribution < -0.4 is 5.32 Å². The van der Waals surface area contributed by atoms with E-state index in [9.17, 15) is 9.18 Å². The maximum absolute atomic E-state index is 13.2. The third-order valence-corrected chi connectivity index (χ3v) is 4.52. The number of hydrogen-bond donors (Lipinski definition) is 2. The minimum atomic E-state index is -0.313. The number of benzene rings is 1. The van der Waals surface area contributed by atoms with Crippen LogP contribution in [0.4, 0.5) is 9.18 Å². The highest BCUT2D eigenvalue weighted by molar-refractivity contribution is 5.74. The number of nitrogens with one attached hydrogen (secondary N) is 2. The first kappa shape index (κ1) is 18.1. The molecule has 8 nitrogen and oxygen atoms in total. The van der Waals surface area contributed by atoms with Crippen molar-refractivity contribution < 1.29 is 13.9 Å². The summed E-state index contributed by atoms with van der Waals surface area (Å²) in [5.74, 6) is 0.778. The van der Waals surface area contributed by atoms with E-state index >= 15 is 0 Å². The second kappa shape index (κ2) is 8.13. The number of aromatic nitrogens is 4. The molecule has 3 heterocycles. The molecule has 2 N–H and O–H groups in total. The number of urea groups is 1. The lowest BCUT2D eigenvalue weighted by Gasteiger charge is -2.35. The fourth-order valence-corrected chi connectivity index (χ4v) is 3.07. The van der Waals surface area contributed by atoms with Crippen LogP contribution in [0, 0.1) is 5.82 Å². The predicted octanol–water partition coefficient (Wildman–Crippen LogP) is 2.29. The second-order valence-electron chi connectivity index (χ2n) is 6.34. The van der Waals surface area contributed by atoms with E-state index in [-0.39, 0.29) is 24.4 Å². The van der Waals surface area contributed by atoms with Gasteiger partial charge in [-0.2, -0.15) is 5.10 Å². The van der Waals surface area contributed by atoms with Crippen molar-refractivity contribution in [3.63, 3.8) is 0 Å². The zero-order valence-electron chi connectivity index (χ0n) is 15.0. The number of pyridine rings is 1. The van der Waals surface area contributed by atoms with Crippen molar-refractivity contribution in [2.75, 3.05) is 19.8 Å². The molecule has 0 radical (unpaired) electrons. The molecule has 1 aliphatic rings. The van der Waals surface area contributed by atoms with Gasteiger partial charge >= 0.3 is 6.03 Å². The summed E-state index contributed by atoms with van der Waals surface area (Å²) in [5.41, 5.74) is 1.67. The Morgan fingerprint density at radius 1 is 1.25 bits per heavy atom. The van der Waals surface area contributed by atoms with Crippen molar-refractivity contribution in [3.8, 4) is 11.4 Å². The van der Waals surface area contributed by atoms with Gasteiger partial charge in [-0.3, -0.25) is 10.1 Å². The Hall–Kier alpha value is -3.33. The Bertz CT molecular complexity index is 931. The van der Waals surface area contributed by atoms with E-state index in [2.05, 4.69) is 25.5 Å². The van der Waals surface area contributed by atoms with E-state index in [1.54, 1.807) is 29.4 Å². The third-order valence-electron chi connectivity index (χ3n) is 4.52. The number of H-pyrrole nitrogens is 1. The molecule has 144 valence electrons. The van der Waals surface area contributed by atoms with E-state index < -0.39 is 0 Å². The molecule has 1 aliphatic heterocycles. The average Bonchev–Trinajstić information content (AvgIpc) is 3.22. The Balaban J connectivity index is 1.41. The molecule has 2 aromatic heterocycles. The average molecular weight is 382 g/mol. The number of halogens is 1. The number of aromatic amines is 1. The summed E-state index contributed by atoms with van der Waals surface area (Å²) in [6.45, 7) is 1.49. The van der Waals surface area contributed by atoms with E-state index in [0.717, 1.165) is 11.1 Å². The van der Waals surface area contributed by atoms with Crippen molar-refractivity contribution in [1.82, 2.24) is 30.4 Å². The number of carbonyl (C=O) groups is 1. The Labute approximate surface area is 160 Å². The number of rotatable bonds is 4. The molecule has 4 rings (SSSR count). The van der Waals surface area contributed by atoms with Gasteiger partial charge in [0.2, 0.25) is 0 Å². The highest BCUT2D eigenvalue weighted by Gasteiger charge is 2.28. The molecule has 28 heavy (non-hydrogen) atoms. The van der Waals surface area contributed by atoms with Gasteiger partial charge in [0.1, 0.15) is 11.6 Å². The number of nitrogens with zero attached hydrogens (tertiary/aromatic N) is 4. The lowest BCUT2D eigenvalue weighted by molar-refractivity contribution is 0.0115. The Kier molecular flexibility index (Phi) is 5.24. The monoisotopic (exact) mass is 382 g/mol. The minimum Gasteiger partial charge on any atom is -0.377 e. The molecular formula is C19H19FN6O2. The predicted molar refractivity (Wildman–Crippen MR) is 98.5 cm³/mol. The van der Waals surface area contributed by atoms with Crippen LogP contribution in [-0.4, -0.2) is 50.9 Å². The molecule has 1 aromatic carbocycles. The molecule has 3 aromatic rings. The second-order valence-corrected chi connectivity index (χ2v) is 6.34. The van der Waals surface area contributed by atoms with Crippen LogP contribution in [0.3, 0.4) is 0 Å². The summed E-state index contributed by atoms with van der Waals surface area (Å²) in [7, 11) is 0. The molecule has 1 saturated heterocycles. The number of ether oxygens (including phenoxy) is 1. The van der Waals surface area contributed by atoms with E-state index in [1.165, 1.54) is 12.1 Å². The zero-order chi connectivity index (χ0) is 19.3. The summed E-state index contributed by atoms with van der Waals surface area (Å²) >= 11 is 0. The first-order valence-electron chi connectivity index (χ1n) is 8.90. The largest absolute Gasteiger partial charge is 0.377 e. The highest BCUT2D eigenvalue weighted by Crippen LogP contribution is 2.24. The van der Waals surface area contributed by atoms with Crippen LogP contribution in [0.1, 0.15) is 17.4 Å². The maximum atomic E-state index is 13.2. The van der Waals surface area contributed by atoms with Crippen molar-refractivity contribution in [2.45, 2.75) is 12.6 Å². The molecule has 1 fully saturated rings. The fourth-order valence-electron chi connectivity index (χ4n) is 3.07. The molecule has 2 amide bonds. The van der Waals surface area contributed by atoms with Crippen LogP contribution in [0.5, 0.6) is 0 Å². The van der Waals surface area contributed by atoms with Crippen molar-refractivity contribution in [2.24, 2.45) is 0 Å². The quantitative estimate of drug-likeness (QED) is 0.722. The fraction of sp³-hybridized carbons (Fsp3) is 0.263. The molecule has 1 atom stereocenters. The smallest absolute Gasteiger partial charge is 0.318 e. The molecular weight excluding hydrogens is 363 g/mol. The van der Waals surface area contributed by atoms with Gasteiger partial charge in [-0.1, -0.05) is 12.1 Å². The van der Waals surface area contributed by atoms with Gasteiger partial charge in [0.05, 0.1) is 25.8 Å². The minimum absolute atomic E-state index is 0.213. The maximum Gasteiger partial charge on any atom is 0.318 e. The van der Waals surface area contributed by atoms with Crippen LogP contribution in [0.2, 0.25) is 0 Å². The molecule has 0 aliphatic carbocycles. The summed E-state index contributed by atoms with van der Waals surface area (Å²) in [4.78, 5) is 22.8. The lowest BCUT2D eigenvalue weighted by atomic mass is 10.1. The van der Waals surface area contributed by atoms with Crippen molar-refractivity contribution in [1.29, 1.82) is 0 Å². The van der Waals surface area contributed by atoms with Crippen LogP contribution >= 0.6 is 0 Å². The van der Waals surface area contributed by atoms with Gasteiger partial charge in [0, 0.05) is 24.5 Å². The van der Waals surface area contributed by atoms with Gasteiger partial charge in [0.15, 0.2) is 5.82 Å². The standard InChI is InChI=1S/C19H19FN6O2/c20-15-3-1-13(2-4-15)16-12-28-10-9-26(16)19(27)22-11-17-23-18(25-24-17)14-5-7-21-8-6-14/h1-8,16H,9-12H2,(H,22,27)(H,23,24,25). The van der Waals surface area contributed by atoms with Gasteiger partial charge in [-0.25, -0.2) is 14.2 Å². The summed E-state index contributed by atoms with van der Waals surface area (Å²) in [5, 5.41) is 9.85. The molecule has 0 spiro atoms. The number of carbonyl (C=O) groups excluding carboxylic acids is 1. The van der Waals surface area contributed by atoms with E-state index in [4.69, 9.17) is 4.74 Å². The number of amides is 2. The summed E-state index contributed by atoms with van der Waals surface area (Å²) < 4.78 is 18.7. The van der Waals surface area contributed by atoms with Crippen LogP contribution in [0.15, 0.2) is 48.8 Å². The molecule has 1 unspecified atom stereocenters. The Morgan fingerprint density at radius 3 is 2.82 bits per heavy atom. The Morgan fingerprint density at radius 2 is 2.04 bits per heavy atom. The molecule has 9 heteroatoms. The normalized spacial score (nSPS) is 16.8.